The van der Waals surface area contributed by atoms with Crippen molar-refractivity contribution < 1.29 is 14.3 Å². The van der Waals surface area contributed by atoms with Crippen molar-refractivity contribution in [3.8, 4) is 0 Å². The number of esters is 1. The van der Waals surface area contributed by atoms with Gasteiger partial charge in [0.1, 0.15) is 5.54 Å². The van der Waals surface area contributed by atoms with Crippen LogP contribution in [0.15, 0.2) is 24.3 Å². The Bertz CT molecular complexity index is 603. The molecule has 2 aliphatic heterocycles. The zero-order chi connectivity index (χ0) is 16.6. The molecule has 23 heavy (non-hydrogen) atoms. The number of hydrogen-bond acceptors (Lipinski definition) is 4. The van der Waals surface area contributed by atoms with Gasteiger partial charge in [0.05, 0.1) is 7.11 Å². The van der Waals surface area contributed by atoms with Crippen molar-refractivity contribution in [1.82, 2.24) is 10.2 Å². The average molecular weight is 337 g/mol. The fourth-order valence-electron chi connectivity index (χ4n) is 3.88. The highest BCUT2D eigenvalue weighted by molar-refractivity contribution is 6.30. The highest BCUT2D eigenvalue weighted by Gasteiger charge is 2.52. The number of methoxy groups -OCH3 is 1. The van der Waals surface area contributed by atoms with Crippen molar-refractivity contribution in [3.05, 3.63) is 34.9 Å². The third kappa shape index (κ3) is 2.95. The Balaban J connectivity index is 1.84. The van der Waals surface area contributed by atoms with E-state index in [2.05, 4.69) is 17.3 Å². The average Bonchev–Trinajstić information content (AvgIpc) is 2.76. The molecule has 6 heteroatoms. The summed E-state index contributed by atoms with van der Waals surface area (Å²) in [5, 5.41) is 3.53. The molecule has 5 nitrogen and oxygen atoms in total. The summed E-state index contributed by atoms with van der Waals surface area (Å²) < 4.78 is 5.02. The first kappa shape index (κ1) is 16.3. The van der Waals surface area contributed by atoms with Gasteiger partial charge in [-0.05, 0) is 57.0 Å². The van der Waals surface area contributed by atoms with E-state index in [-0.39, 0.29) is 11.9 Å². The number of fused-ring (bicyclic) bond motifs is 2. The minimum absolute atomic E-state index is 0.268. The molecule has 1 aromatic rings. The van der Waals surface area contributed by atoms with Gasteiger partial charge in [-0.1, -0.05) is 11.6 Å². The molecule has 1 amide bonds. The minimum atomic E-state index is -0.941. The molecular formula is C17H21ClN2O3. The molecule has 3 atom stereocenters. The van der Waals surface area contributed by atoms with E-state index >= 15 is 0 Å². The lowest BCUT2D eigenvalue weighted by Gasteiger charge is -2.43. The van der Waals surface area contributed by atoms with Crippen LogP contribution in [0.2, 0.25) is 5.02 Å². The fourth-order valence-corrected chi connectivity index (χ4v) is 4.00. The molecule has 2 bridgehead atoms. The number of carbonyl (C=O) groups excluding carboxylic acids is 2. The van der Waals surface area contributed by atoms with Crippen LogP contribution in [0, 0.1) is 0 Å². The zero-order valence-corrected chi connectivity index (χ0v) is 14.1. The van der Waals surface area contributed by atoms with Crippen LogP contribution in [-0.4, -0.2) is 48.6 Å². The Morgan fingerprint density at radius 1 is 1.22 bits per heavy atom. The second kappa shape index (κ2) is 6.13. The van der Waals surface area contributed by atoms with Crippen molar-refractivity contribution in [1.29, 1.82) is 0 Å². The number of nitrogens with zero attached hydrogens (tertiary/aromatic N) is 1. The monoisotopic (exact) mass is 336 g/mol. The van der Waals surface area contributed by atoms with Crippen LogP contribution in [0.5, 0.6) is 0 Å². The van der Waals surface area contributed by atoms with Gasteiger partial charge < -0.3 is 15.0 Å². The van der Waals surface area contributed by atoms with Crippen molar-refractivity contribution in [2.75, 3.05) is 14.2 Å². The van der Waals surface area contributed by atoms with Crippen LogP contribution in [0.1, 0.15) is 36.0 Å². The standard InChI is InChI=1S/C17H21ClN2O3/c1-20-13-7-8-14(20)10-17(9-13,16(22)23-2)19-15(21)11-3-5-12(18)6-4-11/h3-6,13-14H,7-10H2,1-2H3,(H,19,21)/t13-,14+,17?. The lowest BCUT2D eigenvalue weighted by atomic mass is 9.82. The first-order chi connectivity index (χ1) is 10.9. The van der Waals surface area contributed by atoms with Crippen LogP contribution in [0.4, 0.5) is 0 Å². The van der Waals surface area contributed by atoms with Crippen molar-refractivity contribution in [2.45, 2.75) is 43.3 Å². The van der Waals surface area contributed by atoms with E-state index in [0.717, 1.165) is 12.8 Å². The summed E-state index contributed by atoms with van der Waals surface area (Å²) in [6.07, 6.45) is 3.28. The topological polar surface area (TPSA) is 58.6 Å². The Morgan fingerprint density at radius 2 is 1.78 bits per heavy atom. The molecule has 0 radical (unpaired) electrons. The predicted molar refractivity (Wildman–Crippen MR) is 87.5 cm³/mol. The third-order valence-electron chi connectivity index (χ3n) is 5.19. The number of ether oxygens (including phenoxy) is 1. The van der Waals surface area contributed by atoms with Crippen molar-refractivity contribution in [2.24, 2.45) is 0 Å². The quantitative estimate of drug-likeness (QED) is 0.860. The summed E-state index contributed by atoms with van der Waals surface area (Å²) >= 11 is 5.86. The molecule has 2 heterocycles. The molecule has 0 spiro atoms. The lowest BCUT2D eigenvalue weighted by Crippen LogP contribution is -2.62. The minimum Gasteiger partial charge on any atom is -0.467 e. The lowest BCUT2D eigenvalue weighted by molar-refractivity contribution is -0.151. The summed E-state index contributed by atoms with van der Waals surface area (Å²) in [6, 6.07) is 7.26. The Labute approximate surface area is 140 Å². The fraction of sp³-hybridized carbons (Fsp3) is 0.529. The van der Waals surface area contributed by atoms with Gasteiger partial charge in [-0.2, -0.15) is 0 Å². The highest BCUT2D eigenvalue weighted by atomic mass is 35.5. The van der Waals surface area contributed by atoms with E-state index in [0.29, 0.717) is 35.5 Å². The largest absolute Gasteiger partial charge is 0.467 e. The zero-order valence-electron chi connectivity index (χ0n) is 13.3. The molecule has 1 unspecified atom stereocenters. The maximum Gasteiger partial charge on any atom is 0.331 e. The van der Waals surface area contributed by atoms with Crippen molar-refractivity contribution in [3.63, 3.8) is 0 Å². The number of benzene rings is 1. The number of amides is 1. The summed E-state index contributed by atoms with van der Waals surface area (Å²) in [7, 11) is 3.46. The smallest absolute Gasteiger partial charge is 0.331 e. The Morgan fingerprint density at radius 3 is 2.30 bits per heavy atom. The normalized spacial score (nSPS) is 30.0. The van der Waals surface area contributed by atoms with Crippen LogP contribution in [0.25, 0.3) is 0 Å². The Kier molecular flexibility index (Phi) is 4.34. The van der Waals surface area contributed by atoms with Gasteiger partial charge in [0.25, 0.3) is 5.91 Å². The maximum absolute atomic E-state index is 12.6. The van der Waals surface area contributed by atoms with Gasteiger partial charge in [-0.25, -0.2) is 4.79 Å². The van der Waals surface area contributed by atoms with Gasteiger partial charge in [0.2, 0.25) is 0 Å². The predicted octanol–water partition coefficient (Wildman–Crippen LogP) is 2.24. The SMILES string of the molecule is COC(=O)C1(NC(=O)c2ccc(Cl)cc2)C[C@H]2CC[C@@H](C1)N2C. The molecule has 2 aliphatic rings. The number of nitrogens with one attached hydrogen (secondary N) is 1. The molecule has 0 saturated carbocycles. The number of carbonyl (C=O) groups is 2. The molecule has 1 aromatic carbocycles. The van der Waals surface area contributed by atoms with Gasteiger partial charge in [-0.15, -0.1) is 0 Å². The van der Waals surface area contributed by atoms with E-state index < -0.39 is 5.54 Å². The summed E-state index contributed by atoms with van der Waals surface area (Å²) in [5.41, 5.74) is -0.451. The highest BCUT2D eigenvalue weighted by Crippen LogP contribution is 2.40. The van der Waals surface area contributed by atoms with Gasteiger partial charge in [-0.3, -0.25) is 4.79 Å². The van der Waals surface area contributed by atoms with E-state index in [4.69, 9.17) is 16.3 Å². The number of hydrogen-bond donors (Lipinski definition) is 1. The molecule has 124 valence electrons. The van der Waals surface area contributed by atoms with Crippen LogP contribution in [0.3, 0.4) is 0 Å². The third-order valence-corrected chi connectivity index (χ3v) is 5.44. The molecule has 3 rings (SSSR count). The molecule has 2 saturated heterocycles. The number of rotatable bonds is 3. The van der Waals surface area contributed by atoms with E-state index in [1.54, 1.807) is 24.3 Å². The second-order valence-corrected chi connectivity index (χ2v) is 6.93. The first-order valence-corrected chi connectivity index (χ1v) is 8.21. The molecule has 1 N–H and O–H groups in total. The van der Waals surface area contributed by atoms with Gasteiger partial charge in [0, 0.05) is 22.7 Å². The maximum atomic E-state index is 12.6. The summed E-state index contributed by atoms with van der Waals surface area (Å²) in [5.74, 6) is -0.624. The first-order valence-electron chi connectivity index (χ1n) is 7.83. The van der Waals surface area contributed by atoms with Gasteiger partial charge in [0.15, 0.2) is 0 Å². The Hall–Kier alpha value is -1.59. The molecular weight excluding hydrogens is 316 g/mol. The summed E-state index contributed by atoms with van der Waals surface area (Å²) in [4.78, 5) is 27.4. The molecule has 2 fully saturated rings. The number of piperidine rings is 1. The molecule has 0 aliphatic carbocycles. The second-order valence-electron chi connectivity index (χ2n) is 6.49. The van der Waals surface area contributed by atoms with Gasteiger partial charge >= 0.3 is 5.97 Å². The summed E-state index contributed by atoms with van der Waals surface area (Å²) in [6.45, 7) is 0. The molecule has 0 aromatic heterocycles. The van der Waals surface area contributed by atoms with Crippen LogP contribution < -0.4 is 5.32 Å². The van der Waals surface area contributed by atoms with Crippen molar-refractivity contribution >= 4 is 23.5 Å². The van der Waals surface area contributed by atoms with E-state index in [9.17, 15) is 9.59 Å². The van der Waals surface area contributed by atoms with Crippen LogP contribution in [-0.2, 0) is 9.53 Å². The van der Waals surface area contributed by atoms with E-state index in [1.807, 2.05) is 0 Å². The number of halogens is 1. The van der Waals surface area contributed by atoms with Crippen LogP contribution >= 0.6 is 11.6 Å². The van der Waals surface area contributed by atoms with E-state index in [1.165, 1.54) is 7.11 Å².